The van der Waals surface area contributed by atoms with Crippen molar-refractivity contribution >= 4 is 0 Å². The zero-order valence-electron chi connectivity index (χ0n) is 10.7. The maximum atomic E-state index is 10.1. The molecule has 1 aliphatic carbocycles. The van der Waals surface area contributed by atoms with Gasteiger partial charge < -0.3 is 5.11 Å². The lowest BCUT2D eigenvalue weighted by Crippen LogP contribution is -2.34. The van der Waals surface area contributed by atoms with Crippen LogP contribution in [0.5, 0.6) is 0 Å². The molecule has 1 fully saturated rings. The van der Waals surface area contributed by atoms with E-state index in [0.29, 0.717) is 5.92 Å². The van der Waals surface area contributed by atoms with Crippen LogP contribution in [0.4, 0.5) is 0 Å². The van der Waals surface area contributed by atoms with Crippen molar-refractivity contribution in [3.63, 3.8) is 0 Å². The van der Waals surface area contributed by atoms with Gasteiger partial charge in [0, 0.05) is 0 Å². The molecule has 1 N–H and O–H groups in total. The molecule has 0 radical (unpaired) electrons. The molecule has 3 unspecified atom stereocenters. The van der Waals surface area contributed by atoms with E-state index in [9.17, 15) is 5.11 Å². The molecule has 1 saturated carbocycles. The van der Waals surface area contributed by atoms with Gasteiger partial charge in [0.05, 0.1) is 6.10 Å². The van der Waals surface area contributed by atoms with E-state index < -0.39 is 0 Å². The number of aliphatic hydroxyl groups excluding tert-OH is 1. The van der Waals surface area contributed by atoms with Crippen molar-refractivity contribution in [2.24, 2.45) is 17.8 Å². The minimum absolute atomic E-state index is 0.0111. The first-order chi connectivity index (χ1) is 7.22. The third-order valence-electron chi connectivity index (χ3n) is 4.32. The van der Waals surface area contributed by atoms with Gasteiger partial charge in [0.2, 0.25) is 0 Å². The minimum Gasteiger partial charge on any atom is -0.393 e. The SMILES string of the molecule is CCCC1CCC(O)C(C(CC)CC)C1. The summed E-state index contributed by atoms with van der Waals surface area (Å²) in [6.45, 7) is 6.81. The van der Waals surface area contributed by atoms with Crippen molar-refractivity contribution in [2.45, 2.75) is 71.8 Å². The quantitative estimate of drug-likeness (QED) is 0.730. The predicted octanol–water partition coefficient (Wildman–Crippen LogP) is 4.00. The molecule has 90 valence electrons. The van der Waals surface area contributed by atoms with Gasteiger partial charge >= 0.3 is 0 Å². The van der Waals surface area contributed by atoms with Gasteiger partial charge in [0.1, 0.15) is 0 Å². The van der Waals surface area contributed by atoms with Crippen LogP contribution in [-0.4, -0.2) is 11.2 Å². The molecule has 3 atom stereocenters. The molecular formula is C14H28O. The Hall–Kier alpha value is -0.0400. The van der Waals surface area contributed by atoms with E-state index >= 15 is 0 Å². The standard InChI is InChI=1S/C14H28O/c1-4-7-11-8-9-14(15)13(10-11)12(5-2)6-3/h11-15H,4-10H2,1-3H3. The highest BCUT2D eigenvalue weighted by molar-refractivity contribution is 4.83. The molecule has 0 amide bonds. The maximum absolute atomic E-state index is 10.1. The van der Waals surface area contributed by atoms with Gasteiger partial charge in [-0.15, -0.1) is 0 Å². The maximum Gasteiger partial charge on any atom is 0.0571 e. The summed E-state index contributed by atoms with van der Waals surface area (Å²) in [5, 5.41) is 10.1. The minimum atomic E-state index is -0.0111. The number of aliphatic hydroxyl groups is 1. The average Bonchev–Trinajstić information content (AvgIpc) is 2.24. The van der Waals surface area contributed by atoms with Crippen molar-refractivity contribution in [1.82, 2.24) is 0 Å². The molecule has 1 heteroatoms. The first kappa shape index (κ1) is 13.0. The smallest absolute Gasteiger partial charge is 0.0571 e. The summed E-state index contributed by atoms with van der Waals surface area (Å²) in [4.78, 5) is 0. The number of hydrogen-bond donors (Lipinski definition) is 1. The summed E-state index contributed by atoms with van der Waals surface area (Å²) < 4.78 is 0. The highest BCUT2D eigenvalue weighted by Crippen LogP contribution is 2.38. The zero-order valence-corrected chi connectivity index (χ0v) is 10.7. The Bertz CT molecular complexity index is 163. The lowest BCUT2D eigenvalue weighted by Gasteiger charge is -2.37. The summed E-state index contributed by atoms with van der Waals surface area (Å²) in [6, 6.07) is 0. The van der Waals surface area contributed by atoms with Crippen LogP contribution in [0.3, 0.4) is 0 Å². The Morgan fingerprint density at radius 3 is 2.33 bits per heavy atom. The molecule has 0 aromatic heterocycles. The van der Waals surface area contributed by atoms with Crippen LogP contribution in [0.25, 0.3) is 0 Å². The summed E-state index contributed by atoms with van der Waals surface area (Å²) in [5.41, 5.74) is 0. The molecule has 0 bridgehead atoms. The largest absolute Gasteiger partial charge is 0.393 e. The van der Waals surface area contributed by atoms with Crippen LogP contribution < -0.4 is 0 Å². The Morgan fingerprint density at radius 1 is 1.13 bits per heavy atom. The fraction of sp³-hybridized carbons (Fsp3) is 1.00. The van der Waals surface area contributed by atoms with Gasteiger partial charge in [0.15, 0.2) is 0 Å². The molecule has 1 nitrogen and oxygen atoms in total. The van der Waals surface area contributed by atoms with Crippen molar-refractivity contribution in [3.8, 4) is 0 Å². The lowest BCUT2D eigenvalue weighted by molar-refractivity contribution is 0.0127. The van der Waals surface area contributed by atoms with E-state index in [4.69, 9.17) is 0 Å². The second kappa shape index (κ2) is 6.52. The van der Waals surface area contributed by atoms with E-state index in [0.717, 1.165) is 18.3 Å². The summed E-state index contributed by atoms with van der Waals surface area (Å²) in [7, 11) is 0. The number of rotatable bonds is 5. The van der Waals surface area contributed by atoms with Crippen LogP contribution in [0, 0.1) is 17.8 Å². The summed E-state index contributed by atoms with van der Waals surface area (Å²) >= 11 is 0. The van der Waals surface area contributed by atoms with Crippen LogP contribution in [0.15, 0.2) is 0 Å². The van der Waals surface area contributed by atoms with Gasteiger partial charge in [-0.25, -0.2) is 0 Å². The lowest BCUT2D eigenvalue weighted by atomic mass is 9.71. The zero-order chi connectivity index (χ0) is 11.3. The first-order valence-electron chi connectivity index (χ1n) is 6.90. The van der Waals surface area contributed by atoms with Crippen LogP contribution in [-0.2, 0) is 0 Å². The topological polar surface area (TPSA) is 20.2 Å². The molecule has 0 aromatic carbocycles. The van der Waals surface area contributed by atoms with Gasteiger partial charge in [0.25, 0.3) is 0 Å². The van der Waals surface area contributed by atoms with Gasteiger partial charge in [-0.3, -0.25) is 0 Å². The number of hydrogen-bond acceptors (Lipinski definition) is 1. The van der Waals surface area contributed by atoms with E-state index in [1.54, 1.807) is 0 Å². The molecule has 1 rings (SSSR count). The van der Waals surface area contributed by atoms with Crippen molar-refractivity contribution in [3.05, 3.63) is 0 Å². The highest BCUT2D eigenvalue weighted by atomic mass is 16.3. The van der Waals surface area contributed by atoms with E-state index in [-0.39, 0.29) is 6.10 Å². The van der Waals surface area contributed by atoms with Gasteiger partial charge in [-0.1, -0.05) is 46.5 Å². The Balaban J connectivity index is 2.52. The molecular weight excluding hydrogens is 184 g/mol. The summed E-state index contributed by atoms with van der Waals surface area (Å²) in [6.07, 6.45) is 8.70. The average molecular weight is 212 g/mol. The molecule has 0 aromatic rings. The third-order valence-corrected chi connectivity index (χ3v) is 4.32. The molecule has 1 aliphatic rings. The molecule has 15 heavy (non-hydrogen) atoms. The monoisotopic (exact) mass is 212 g/mol. The fourth-order valence-corrected chi connectivity index (χ4v) is 3.35. The van der Waals surface area contributed by atoms with Gasteiger partial charge in [-0.2, -0.15) is 0 Å². The highest BCUT2D eigenvalue weighted by Gasteiger charge is 2.32. The third kappa shape index (κ3) is 3.48. The molecule has 0 saturated heterocycles. The van der Waals surface area contributed by atoms with Crippen molar-refractivity contribution in [2.75, 3.05) is 0 Å². The molecule has 0 spiro atoms. The Kier molecular flexibility index (Phi) is 5.66. The van der Waals surface area contributed by atoms with E-state index in [1.165, 1.54) is 38.5 Å². The predicted molar refractivity (Wildman–Crippen MR) is 65.8 cm³/mol. The Labute approximate surface area is 95.3 Å². The fourth-order valence-electron chi connectivity index (χ4n) is 3.35. The van der Waals surface area contributed by atoms with E-state index in [2.05, 4.69) is 20.8 Å². The van der Waals surface area contributed by atoms with Crippen molar-refractivity contribution in [1.29, 1.82) is 0 Å². The summed E-state index contributed by atoms with van der Waals surface area (Å²) in [5.74, 6) is 2.23. The normalized spacial score (nSPS) is 32.2. The first-order valence-corrected chi connectivity index (χ1v) is 6.90. The van der Waals surface area contributed by atoms with Crippen LogP contribution in [0.1, 0.15) is 65.7 Å². The van der Waals surface area contributed by atoms with Crippen LogP contribution >= 0.6 is 0 Å². The molecule has 0 heterocycles. The molecule has 0 aliphatic heterocycles. The van der Waals surface area contributed by atoms with Crippen molar-refractivity contribution < 1.29 is 5.11 Å². The second-order valence-corrected chi connectivity index (χ2v) is 5.28. The van der Waals surface area contributed by atoms with Crippen LogP contribution in [0.2, 0.25) is 0 Å². The van der Waals surface area contributed by atoms with E-state index in [1.807, 2.05) is 0 Å². The Morgan fingerprint density at radius 2 is 1.80 bits per heavy atom. The van der Waals surface area contributed by atoms with Gasteiger partial charge in [-0.05, 0) is 37.0 Å². The second-order valence-electron chi connectivity index (χ2n) is 5.28.